The summed E-state index contributed by atoms with van der Waals surface area (Å²) in [6.07, 6.45) is 0. The van der Waals surface area contributed by atoms with E-state index in [1.54, 1.807) is 12.1 Å². The Morgan fingerprint density at radius 1 is 0.900 bits per heavy atom. The van der Waals surface area contributed by atoms with Crippen LogP contribution in [0.3, 0.4) is 0 Å². The number of sulfone groups is 1. The maximum atomic E-state index is 12.3. The Morgan fingerprint density at radius 2 is 1.35 bits per heavy atom. The summed E-state index contributed by atoms with van der Waals surface area (Å²) in [5.74, 6) is -0.0807. The lowest BCUT2D eigenvalue weighted by atomic mass is 10.2. The van der Waals surface area contributed by atoms with Gasteiger partial charge < -0.3 is 4.74 Å². The second-order valence-corrected chi connectivity index (χ2v) is 6.12. The predicted octanol–water partition coefficient (Wildman–Crippen LogP) is 3.43. The number of benzene rings is 2. The monoisotopic (exact) mass is 298 g/mol. The van der Waals surface area contributed by atoms with Crippen molar-refractivity contribution in [1.29, 1.82) is 0 Å². The van der Waals surface area contributed by atoms with Crippen LogP contribution in [0.1, 0.15) is 5.56 Å². The van der Waals surface area contributed by atoms with Crippen LogP contribution in [0.2, 0.25) is 0 Å². The molecule has 0 bridgehead atoms. The van der Waals surface area contributed by atoms with Crippen LogP contribution < -0.4 is 4.74 Å². The third-order valence-corrected chi connectivity index (χ3v) is 4.48. The molecule has 0 unspecified atom stereocenters. The van der Waals surface area contributed by atoms with Gasteiger partial charge in [-0.1, -0.05) is 17.7 Å². The van der Waals surface area contributed by atoms with Gasteiger partial charge in [-0.2, -0.15) is 8.78 Å². The smallest absolute Gasteiger partial charge is 0.387 e. The van der Waals surface area contributed by atoms with Crippen LogP contribution in [0.4, 0.5) is 8.78 Å². The van der Waals surface area contributed by atoms with Crippen molar-refractivity contribution < 1.29 is 21.9 Å². The summed E-state index contributed by atoms with van der Waals surface area (Å²) >= 11 is 0. The molecule has 20 heavy (non-hydrogen) atoms. The molecule has 0 aliphatic carbocycles. The standard InChI is InChI=1S/C14H12F2O3S/c1-10-2-6-12(7-3-10)20(17,18)13-8-4-11(5-9-13)19-14(15)16/h2-9,14H,1H3. The molecule has 2 aromatic carbocycles. The molecule has 0 radical (unpaired) electrons. The van der Waals surface area contributed by atoms with Gasteiger partial charge in [-0.05, 0) is 43.3 Å². The molecule has 2 aromatic rings. The molecule has 0 saturated heterocycles. The first-order valence-electron chi connectivity index (χ1n) is 5.76. The summed E-state index contributed by atoms with van der Waals surface area (Å²) in [6, 6.07) is 11.3. The van der Waals surface area contributed by atoms with Crippen LogP contribution >= 0.6 is 0 Å². The highest BCUT2D eigenvalue weighted by molar-refractivity contribution is 7.91. The Bertz CT molecular complexity index is 677. The molecule has 2 rings (SSSR count). The summed E-state index contributed by atoms with van der Waals surface area (Å²) in [7, 11) is -3.64. The molecule has 6 heteroatoms. The Hall–Kier alpha value is -1.95. The number of aryl methyl sites for hydroxylation is 1. The quantitative estimate of drug-likeness (QED) is 0.868. The van der Waals surface area contributed by atoms with Gasteiger partial charge in [0, 0.05) is 0 Å². The number of rotatable bonds is 4. The number of ether oxygens (including phenoxy) is 1. The summed E-state index contributed by atoms with van der Waals surface area (Å²) in [4.78, 5) is 0.189. The van der Waals surface area contributed by atoms with Gasteiger partial charge in [0.15, 0.2) is 0 Å². The Balaban J connectivity index is 2.32. The van der Waals surface area contributed by atoms with Gasteiger partial charge in [-0.3, -0.25) is 0 Å². The zero-order chi connectivity index (χ0) is 14.8. The van der Waals surface area contributed by atoms with E-state index in [1.807, 2.05) is 6.92 Å². The summed E-state index contributed by atoms with van der Waals surface area (Å²) in [6.45, 7) is -1.08. The molecule has 0 spiro atoms. The van der Waals surface area contributed by atoms with Gasteiger partial charge in [0.2, 0.25) is 9.84 Å². The maximum Gasteiger partial charge on any atom is 0.387 e. The highest BCUT2D eigenvalue weighted by Crippen LogP contribution is 2.24. The first kappa shape index (κ1) is 14.5. The van der Waals surface area contributed by atoms with Crippen molar-refractivity contribution in [3.8, 4) is 5.75 Å². The maximum absolute atomic E-state index is 12.3. The molecule has 106 valence electrons. The van der Waals surface area contributed by atoms with E-state index in [2.05, 4.69) is 4.74 Å². The Morgan fingerprint density at radius 3 is 1.80 bits per heavy atom. The summed E-state index contributed by atoms with van der Waals surface area (Å²) in [5, 5.41) is 0. The summed E-state index contributed by atoms with van der Waals surface area (Å²) < 4.78 is 52.8. The lowest BCUT2D eigenvalue weighted by Crippen LogP contribution is -2.04. The van der Waals surface area contributed by atoms with Crippen molar-refractivity contribution in [3.63, 3.8) is 0 Å². The minimum absolute atomic E-state index is 0.0305. The van der Waals surface area contributed by atoms with Crippen LogP contribution in [0.15, 0.2) is 58.3 Å². The largest absolute Gasteiger partial charge is 0.435 e. The molecule has 0 atom stereocenters. The zero-order valence-corrected chi connectivity index (χ0v) is 11.4. The molecule has 0 aliphatic heterocycles. The van der Waals surface area contributed by atoms with Crippen LogP contribution in [-0.2, 0) is 9.84 Å². The van der Waals surface area contributed by atoms with Crippen molar-refractivity contribution >= 4 is 9.84 Å². The third kappa shape index (κ3) is 3.14. The van der Waals surface area contributed by atoms with Crippen molar-refractivity contribution in [2.75, 3.05) is 0 Å². The average Bonchev–Trinajstić information content (AvgIpc) is 2.39. The normalized spacial score (nSPS) is 11.6. The second-order valence-electron chi connectivity index (χ2n) is 4.17. The number of hydrogen-bond acceptors (Lipinski definition) is 3. The Labute approximate surface area is 115 Å². The van der Waals surface area contributed by atoms with Gasteiger partial charge in [-0.25, -0.2) is 8.42 Å². The summed E-state index contributed by atoms with van der Waals surface area (Å²) in [5.41, 5.74) is 0.949. The SMILES string of the molecule is Cc1ccc(S(=O)(=O)c2ccc(OC(F)F)cc2)cc1. The fraction of sp³-hybridized carbons (Fsp3) is 0.143. The molecule has 0 saturated carbocycles. The van der Waals surface area contributed by atoms with E-state index in [4.69, 9.17) is 0 Å². The molecular weight excluding hydrogens is 286 g/mol. The minimum atomic E-state index is -3.64. The second kappa shape index (κ2) is 5.58. The van der Waals surface area contributed by atoms with Gasteiger partial charge in [0.1, 0.15) is 5.75 Å². The van der Waals surface area contributed by atoms with Crippen LogP contribution in [0.5, 0.6) is 5.75 Å². The molecule has 0 amide bonds. The highest BCUT2D eigenvalue weighted by atomic mass is 32.2. The highest BCUT2D eigenvalue weighted by Gasteiger charge is 2.17. The van der Waals surface area contributed by atoms with Gasteiger partial charge in [0.25, 0.3) is 0 Å². The van der Waals surface area contributed by atoms with Gasteiger partial charge in [0.05, 0.1) is 9.79 Å². The topological polar surface area (TPSA) is 43.4 Å². The predicted molar refractivity (Wildman–Crippen MR) is 69.7 cm³/mol. The van der Waals surface area contributed by atoms with E-state index >= 15 is 0 Å². The number of hydrogen-bond donors (Lipinski definition) is 0. The first-order chi connectivity index (χ1) is 9.39. The van der Waals surface area contributed by atoms with E-state index < -0.39 is 16.4 Å². The molecular formula is C14H12F2O3S. The van der Waals surface area contributed by atoms with Gasteiger partial charge >= 0.3 is 6.61 Å². The molecule has 0 N–H and O–H groups in total. The first-order valence-corrected chi connectivity index (χ1v) is 7.24. The van der Waals surface area contributed by atoms with E-state index in [0.29, 0.717) is 0 Å². The van der Waals surface area contributed by atoms with E-state index in [-0.39, 0.29) is 15.5 Å². The van der Waals surface area contributed by atoms with E-state index in [1.165, 1.54) is 36.4 Å². The lowest BCUT2D eigenvalue weighted by Gasteiger charge is -2.07. The van der Waals surface area contributed by atoms with E-state index in [0.717, 1.165) is 5.56 Å². The molecule has 0 aromatic heterocycles. The number of alkyl halides is 2. The van der Waals surface area contributed by atoms with Crippen LogP contribution in [0.25, 0.3) is 0 Å². The molecule has 0 fully saturated rings. The van der Waals surface area contributed by atoms with Gasteiger partial charge in [-0.15, -0.1) is 0 Å². The van der Waals surface area contributed by atoms with Crippen molar-refractivity contribution in [3.05, 3.63) is 54.1 Å². The third-order valence-electron chi connectivity index (χ3n) is 2.69. The fourth-order valence-electron chi connectivity index (χ4n) is 1.65. The fourth-order valence-corrected chi connectivity index (χ4v) is 2.91. The van der Waals surface area contributed by atoms with Crippen molar-refractivity contribution in [2.24, 2.45) is 0 Å². The lowest BCUT2D eigenvalue weighted by molar-refractivity contribution is -0.0498. The van der Waals surface area contributed by atoms with E-state index in [9.17, 15) is 17.2 Å². The molecule has 0 heterocycles. The zero-order valence-electron chi connectivity index (χ0n) is 10.6. The van der Waals surface area contributed by atoms with Crippen LogP contribution in [0, 0.1) is 6.92 Å². The molecule has 3 nitrogen and oxygen atoms in total. The van der Waals surface area contributed by atoms with Crippen LogP contribution in [-0.4, -0.2) is 15.0 Å². The Kier molecular flexibility index (Phi) is 4.04. The van der Waals surface area contributed by atoms with Crippen molar-refractivity contribution in [2.45, 2.75) is 23.3 Å². The minimum Gasteiger partial charge on any atom is -0.435 e. The molecule has 0 aliphatic rings. The number of halogens is 2. The average molecular weight is 298 g/mol. The van der Waals surface area contributed by atoms with Crippen molar-refractivity contribution in [1.82, 2.24) is 0 Å².